The molecule has 0 aliphatic heterocycles. The summed E-state index contributed by atoms with van der Waals surface area (Å²) in [6.45, 7) is 0. The van der Waals surface area contributed by atoms with Crippen LogP contribution in [-0.2, 0) is 9.53 Å². The normalized spacial score (nSPS) is 36.4. The van der Waals surface area contributed by atoms with E-state index in [2.05, 4.69) is 0 Å². The average molecular weight is 215 g/mol. The second kappa shape index (κ2) is 3.11. The Hall–Kier alpha value is -0.800. The highest BCUT2D eigenvalue weighted by Crippen LogP contribution is 2.41. The van der Waals surface area contributed by atoms with Crippen molar-refractivity contribution in [3.8, 4) is 0 Å². The summed E-state index contributed by atoms with van der Waals surface area (Å²) in [7, 11) is 1.50. The van der Waals surface area contributed by atoms with Gasteiger partial charge in [-0.3, -0.25) is 4.79 Å². The lowest BCUT2D eigenvalue weighted by molar-refractivity contribution is -0.117. The maximum atomic E-state index is 11.6. The molecule has 0 amide bonds. The van der Waals surface area contributed by atoms with E-state index < -0.39 is 5.60 Å². The monoisotopic (exact) mass is 214 g/mol. The van der Waals surface area contributed by atoms with Gasteiger partial charge in [-0.25, -0.2) is 0 Å². The number of carbonyl (C=O) groups is 1. The van der Waals surface area contributed by atoms with Crippen LogP contribution in [0, 0.1) is 5.92 Å². The number of aliphatic hydroxyl groups is 1. The molecule has 2 atom stereocenters. The van der Waals surface area contributed by atoms with Crippen LogP contribution in [0.3, 0.4) is 0 Å². The number of rotatable bonds is 1. The minimum atomic E-state index is -0.875. The van der Waals surface area contributed by atoms with E-state index >= 15 is 0 Å². The summed E-state index contributed by atoms with van der Waals surface area (Å²) in [5.74, 6) is -0.560. The summed E-state index contributed by atoms with van der Waals surface area (Å²) in [6.07, 6.45) is 4.76. The molecule has 0 heterocycles. The Morgan fingerprint density at radius 2 is 2.43 bits per heavy atom. The lowest BCUT2D eigenvalue weighted by atomic mass is 9.86. The molecule has 0 aromatic rings. The van der Waals surface area contributed by atoms with E-state index in [1.54, 1.807) is 12.2 Å². The predicted octanol–water partition coefficient (Wildman–Crippen LogP) is 1.93. The number of hydrogen-bond donors (Lipinski definition) is 1. The highest BCUT2D eigenvalue weighted by Gasteiger charge is 2.43. The van der Waals surface area contributed by atoms with Gasteiger partial charge in [0, 0.05) is 13.0 Å². The average Bonchev–Trinajstić information content (AvgIpc) is 2.38. The van der Waals surface area contributed by atoms with Crippen LogP contribution in [0.5, 0.6) is 0 Å². The van der Waals surface area contributed by atoms with Crippen molar-refractivity contribution in [3.05, 3.63) is 22.9 Å². The molecule has 14 heavy (non-hydrogen) atoms. The molecule has 3 nitrogen and oxygen atoms in total. The molecule has 4 heteroatoms. The van der Waals surface area contributed by atoms with Crippen molar-refractivity contribution in [3.63, 3.8) is 0 Å². The molecule has 0 saturated carbocycles. The number of ketones is 1. The summed E-state index contributed by atoms with van der Waals surface area (Å²) < 4.78 is 5.25. The third-order valence-electron chi connectivity index (χ3n) is 2.95. The van der Waals surface area contributed by atoms with E-state index in [4.69, 9.17) is 16.3 Å². The van der Waals surface area contributed by atoms with Crippen molar-refractivity contribution in [2.75, 3.05) is 7.11 Å². The van der Waals surface area contributed by atoms with Gasteiger partial charge in [0.05, 0.1) is 0 Å². The third kappa shape index (κ3) is 1.12. The van der Waals surface area contributed by atoms with Crippen LogP contribution < -0.4 is 0 Å². The van der Waals surface area contributed by atoms with Gasteiger partial charge in [0.1, 0.15) is 10.6 Å². The number of halogens is 1. The van der Waals surface area contributed by atoms with Crippen molar-refractivity contribution < 1.29 is 14.6 Å². The molecule has 0 aromatic carbocycles. The first-order valence-corrected chi connectivity index (χ1v) is 4.86. The number of methoxy groups -OCH3 is 1. The lowest BCUT2D eigenvalue weighted by Gasteiger charge is -2.30. The molecule has 76 valence electrons. The second-order valence-corrected chi connectivity index (χ2v) is 4.00. The SMILES string of the molecule is CO[C@@]12C=C[C@@H](CC1)C(=O)C(Cl)=C2O. The van der Waals surface area contributed by atoms with Crippen molar-refractivity contribution in [1.82, 2.24) is 0 Å². The number of aliphatic hydroxyl groups excluding tert-OH is 1. The highest BCUT2D eigenvalue weighted by atomic mass is 35.5. The Labute approximate surface area is 87.0 Å². The van der Waals surface area contributed by atoms with Gasteiger partial charge < -0.3 is 9.84 Å². The maximum Gasteiger partial charge on any atom is 0.184 e. The standard InChI is InChI=1S/C10H11ClO3/c1-14-10-4-2-6(3-5-10)8(12)7(11)9(10)13/h2,4,6,13H,3,5H2,1H3/t6-,10-/m0/s1. The van der Waals surface area contributed by atoms with Crippen LogP contribution in [0.25, 0.3) is 0 Å². The Morgan fingerprint density at radius 3 is 2.93 bits per heavy atom. The Balaban J connectivity index is 2.58. The van der Waals surface area contributed by atoms with E-state index in [9.17, 15) is 9.90 Å². The Bertz CT molecular complexity index is 345. The second-order valence-electron chi connectivity index (χ2n) is 3.62. The van der Waals surface area contributed by atoms with Gasteiger partial charge in [0.2, 0.25) is 0 Å². The first-order valence-electron chi connectivity index (χ1n) is 4.48. The van der Waals surface area contributed by atoms with E-state index in [0.717, 1.165) is 0 Å². The summed E-state index contributed by atoms with van der Waals surface area (Å²) in [4.78, 5) is 11.6. The molecule has 0 unspecified atom stereocenters. The number of ether oxygens (including phenoxy) is 1. The van der Waals surface area contributed by atoms with Gasteiger partial charge in [-0.1, -0.05) is 17.7 Å². The fourth-order valence-corrected chi connectivity index (χ4v) is 2.27. The summed E-state index contributed by atoms with van der Waals surface area (Å²) in [5, 5.41) is 9.73. The number of hydrogen-bond acceptors (Lipinski definition) is 3. The van der Waals surface area contributed by atoms with Crippen molar-refractivity contribution in [2.45, 2.75) is 18.4 Å². The van der Waals surface area contributed by atoms with E-state index in [1.807, 2.05) is 0 Å². The molecule has 1 N–H and O–H groups in total. The van der Waals surface area contributed by atoms with Crippen LogP contribution in [0.15, 0.2) is 22.9 Å². The third-order valence-corrected chi connectivity index (χ3v) is 3.32. The molecule has 2 bridgehead atoms. The van der Waals surface area contributed by atoms with Crippen molar-refractivity contribution >= 4 is 17.4 Å². The van der Waals surface area contributed by atoms with Crippen LogP contribution in [0.2, 0.25) is 0 Å². The molecular weight excluding hydrogens is 204 g/mol. The molecule has 0 aromatic heterocycles. The predicted molar refractivity (Wildman–Crippen MR) is 52.1 cm³/mol. The van der Waals surface area contributed by atoms with Gasteiger partial charge >= 0.3 is 0 Å². The smallest absolute Gasteiger partial charge is 0.184 e. The van der Waals surface area contributed by atoms with E-state index in [1.165, 1.54) is 7.11 Å². The van der Waals surface area contributed by atoms with Gasteiger partial charge in [-0.2, -0.15) is 0 Å². The topological polar surface area (TPSA) is 46.5 Å². The molecule has 3 aliphatic rings. The summed E-state index contributed by atoms with van der Waals surface area (Å²) in [6, 6.07) is 0. The number of Topliss-reactive ketones (excluding diaryl/α,β-unsaturated/α-hetero) is 1. The highest BCUT2D eigenvalue weighted by molar-refractivity contribution is 6.43. The molecule has 3 rings (SSSR count). The summed E-state index contributed by atoms with van der Waals surface area (Å²) >= 11 is 5.78. The fraction of sp³-hybridized carbons (Fsp3) is 0.500. The van der Waals surface area contributed by atoms with Crippen LogP contribution in [-0.4, -0.2) is 23.6 Å². The van der Waals surface area contributed by atoms with Gasteiger partial charge in [-0.05, 0) is 18.9 Å². The van der Waals surface area contributed by atoms with E-state index in [-0.39, 0.29) is 22.5 Å². The number of fused-ring (bicyclic) bond motifs is 2. The van der Waals surface area contributed by atoms with Gasteiger partial charge in [0.25, 0.3) is 0 Å². The van der Waals surface area contributed by atoms with Gasteiger partial charge in [0.15, 0.2) is 11.5 Å². The molecule has 0 saturated heterocycles. The number of allylic oxidation sites excluding steroid dienone is 2. The minimum Gasteiger partial charge on any atom is -0.507 e. The first kappa shape index (κ1) is 9.74. The van der Waals surface area contributed by atoms with Crippen LogP contribution >= 0.6 is 11.6 Å². The van der Waals surface area contributed by atoms with Crippen LogP contribution in [0.4, 0.5) is 0 Å². The molecule has 0 spiro atoms. The maximum absolute atomic E-state index is 11.6. The van der Waals surface area contributed by atoms with Gasteiger partial charge in [-0.15, -0.1) is 0 Å². The van der Waals surface area contributed by atoms with Crippen LogP contribution in [0.1, 0.15) is 12.8 Å². The number of carbonyl (C=O) groups excluding carboxylic acids is 1. The van der Waals surface area contributed by atoms with E-state index in [0.29, 0.717) is 12.8 Å². The van der Waals surface area contributed by atoms with Crippen molar-refractivity contribution in [1.29, 1.82) is 0 Å². The zero-order chi connectivity index (χ0) is 10.3. The quantitative estimate of drug-likeness (QED) is 0.679. The lowest BCUT2D eigenvalue weighted by Crippen LogP contribution is -2.33. The van der Waals surface area contributed by atoms with Crippen molar-refractivity contribution in [2.24, 2.45) is 5.92 Å². The minimum absolute atomic E-state index is 0.0839. The Kier molecular flexibility index (Phi) is 2.16. The largest absolute Gasteiger partial charge is 0.507 e. The zero-order valence-electron chi connectivity index (χ0n) is 7.79. The first-order chi connectivity index (χ1) is 6.60. The molecule has 0 radical (unpaired) electrons. The molecule has 3 aliphatic carbocycles. The Morgan fingerprint density at radius 1 is 1.71 bits per heavy atom. The fourth-order valence-electron chi connectivity index (χ4n) is 1.97. The zero-order valence-corrected chi connectivity index (χ0v) is 8.54. The molecular formula is C10H11ClO3. The summed E-state index contributed by atoms with van der Waals surface area (Å²) in [5.41, 5.74) is -0.875. The molecule has 0 fully saturated rings.